The first-order valence-electron chi connectivity index (χ1n) is 6.98. The number of nitrogens with one attached hydrogen (secondary N) is 2. The summed E-state index contributed by atoms with van der Waals surface area (Å²) in [7, 11) is 0. The lowest BCUT2D eigenvalue weighted by atomic mass is 10.2. The second kappa shape index (κ2) is 7.31. The number of aryl methyl sites for hydroxylation is 2. The first kappa shape index (κ1) is 15.6. The Morgan fingerprint density at radius 2 is 1.23 bits per heavy atom. The number of carbonyl (C=O) groups excluding carboxylic acids is 2. The van der Waals surface area contributed by atoms with E-state index in [2.05, 4.69) is 20.6 Å². The van der Waals surface area contributed by atoms with Gasteiger partial charge in [-0.25, -0.2) is 9.97 Å². The number of pyridine rings is 2. The van der Waals surface area contributed by atoms with Crippen molar-refractivity contribution in [2.24, 2.45) is 0 Å². The van der Waals surface area contributed by atoms with Crippen molar-refractivity contribution in [3.63, 3.8) is 0 Å². The minimum absolute atomic E-state index is 0.0905. The SMILES string of the molecule is Cc1ccc(NC(=O)CCC(=O)Nc2ccc(C)cn2)nc1. The topological polar surface area (TPSA) is 84.0 Å². The van der Waals surface area contributed by atoms with Gasteiger partial charge < -0.3 is 10.6 Å². The summed E-state index contributed by atoms with van der Waals surface area (Å²) in [5, 5.41) is 5.30. The molecule has 2 aromatic rings. The van der Waals surface area contributed by atoms with Crippen LogP contribution >= 0.6 is 0 Å². The van der Waals surface area contributed by atoms with E-state index in [9.17, 15) is 9.59 Å². The van der Waals surface area contributed by atoms with Crippen LogP contribution in [0.4, 0.5) is 11.6 Å². The number of aromatic nitrogens is 2. The van der Waals surface area contributed by atoms with Gasteiger partial charge in [0.25, 0.3) is 0 Å². The zero-order valence-electron chi connectivity index (χ0n) is 12.6. The molecule has 0 unspecified atom stereocenters. The Bertz CT molecular complexity index is 591. The summed E-state index contributed by atoms with van der Waals surface area (Å²) < 4.78 is 0. The normalized spacial score (nSPS) is 10.1. The summed E-state index contributed by atoms with van der Waals surface area (Å²) in [5.41, 5.74) is 2.03. The zero-order valence-corrected chi connectivity index (χ0v) is 12.6. The molecule has 22 heavy (non-hydrogen) atoms. The predicted octanol–water partition coefficient (Wildman–Crippen LogP) is 2.45. The molecule has 0 aliphatic carbocycles. The summed E-state index contributed by atoms with van der Waals surface area (Å²) in [4.78, 5) is 31.7. The summed E-state index contributed by atoms with van der Waals surface area (Å²) in [5.74, 6) is 0.471. The summed E-state index contributed by atoms with van der Waals surface area (Å²) in [6, 6.07) is 7.17. The Morgan fingerprint density at radius 1 is 0.818 bits per heavy atom. The van der Waals surface area contributed by atoms with Crippen LogP contribution in [0.25, 0.3) is 0 Å². The Kier molecular flexibility index (Phi) is 5.19. The lowest BCUT2D eigenvalue weighted by Gasteiger charge is -2.06. The maximum Gasteiger partial charge on any atom is 0.226 e. The molecule has 0 aromatic carbocycles. The van der Waals surface area contributed by atoms with E-state index in [4.69, 9.17) is 0 Å². The van der Waals surface area contributed by atoms with Gasteiger partial charge in [-0.15, -0.1) is 0 Å². The number of nitrogens with zero attached hydrogens (tertiary/aromatic N) is 2. The highest BCUT2D eigenvalue weighted by molar-refractivity contribution is 5.95. The predicted molar refractivity (Wildman–Crippen MR) is 84.4 cm³/mol. The molecule has 114 valence electrons. The molecule has 0 aliphatic rings. The highest BCUT2D eigenvalue weighted by atomic mass is 16.2. The van der Waals surface area contributed by atoms with Gasteiger partial charge in [0.05, 0.1) is 0 Å². The second-order valence-electron chi connectivity index (χ2n) is 5.04. The lowest BCUT2D eigenvalue weighted by molar-refractivity contribution is -0.121. The van der Waals surface area contributed by atoms with Crippen LogP contribution in [0.3, 0.4) is 0 Å². The van der Waals surface area contributed by atoms with E-state index in [1.165, 1.54) is 0 Å². The standard InChI is InChI=1S/C16H18N4O2/c1-11-3-5-13(17-9-11)19-15(21)7-8-16(22)20-14-6-4-12(2)10-18-14/h3-6,9-10H,7-8H2,1-2H3,(H,17,19,21)(H,18,20,22). The van der Waals surface area contributed by atoms with E-state index in [0.717, 1.165) is 11.1 Å². The molecule has 2 heterocycles. The van der Waals surface area contributed by atoms with E-state index in [1.54, 1.807) is 24.5 Å². The van der Waals surface area contributed by atoms with Crippen LogP contribution < -0.4 is 10.6 Å². The fourth-order valence-electron chi connectivity index (χ4n) is 1.72. The average Bonchev–Trinajstić information content (AvgIpc) is 2.50. The highest BCUT2D eigenvalue weighted by Gasteiger charge is 2.08. The molecule has 0 bridgehead atoms. The number of amides is 2. The van der Waals surface area contributed by atoms with Crippen LogP contribution in [0.15, 0.2) is 36.7 Å². The third-order valence-corrected chi connectivity index (χ3v) is 2.94. The fraction of sp³-hybridized carbons (Fsp3) is 0.250. The van der Waals surface area contributed by atoms with Crippen LogP contribution in [-0.2, 0) is 9.59 Å². The molecule has 0 saturated carbocycles. The molecule has 0 spiro atoms. The smallest absolute Gasteiger partial charge is 0.226 e. The monoisotopic (exact) mass is 298 g/mol. The molecule has 0 fully saturated rings. The van der Waals surface area contributed by atoms with Gasteiger partial charge in [0.15, 0.2) is 0 Å². The number of rotatable bonds is 5. The Balaban J connectivity index is 1.76. The van der Waals surface area contributed by atoms with Gasteiger partial charge in [0.2, 0.25) is 11.8 Å². The minimum atomic E-state index is -0.247. The van der Waals surface area contributed by atoms with Crippen molar-refractivity contribution < 1.29 is 9.59 Å². The fourth-order valence-corrected chi connectivity index (χ4v) is 1.72. The van der Waals surface area contributed by atoms with Crippen molar-refractivity contribution in [3.05, 3.63) is 47.8 Å². The Labute approximate surface area is 129 Å². The van der Waals surface area contributed by atoms with E-state index in [1.807, 2.05) is 26.0 Å². The molecule has 0 saturated heterocycles. The van der Waals surface area contributed by atoms with Gasteiger partial charge in [0, 0.05) is 25.2 Å². The zero-order chi connectivity index (χ0) is 15.9. The number of hydrogen-bond donors (Lipinski definition) is 2. The lowest BCUT2D eigenvalue weighted by Crippen LogP contribution is -2.18. The Morgan fingerprint density at radius 3 is 1.55 bits per heavy atom. The molecule has 0 atom stereocenters. The van der Waals surface area contributed by atoms with E-state index in [-0.39, 0.29) is 24.7 Å². The first-order chi connectivity index (χ1) is 10.5. The molecule has 0 radical (unpaired) electrons. The maximum absolute atomic E-state index is 11.8. The van der Waals surface area contributed by atoms with Gasteiger partial charge >= 0.3 is 0 Å². The summed E-state index contributed by atoms with van der Waals surface area (Å²) >= 11 is 0. The molecule has 2 N–H and O–H groups in total. The maximum atomic E-state index is 11.8. The van der Waals surface area contributed by atoms with Crippen LogP contribution in [0.1, 0.15) is 24.0 Å². The summed E-state index contributed by atoms with van der Waals surface area (Å²) in [6.45, 7) is 3.84. The van der Waals surface area contributed by atoms with E-state index < -0.39 is 0 Å². The molecule has 2 amide bonds. The van der Waals surface area contributed by atoms with Crippen molar-refractivity contribution >= 4 is 23.5 Å². The highest BCUT2D eigenvalue weighted by Crippen LogP contribution is 2.07. The van der Waals surface area contributed by atoms with Crippen molar-refractivity contribution in [2.45, 2.75) is 26.7 Å². The second-order valence-corrected chi connectivity index (χ2v) is 5.04. The van der Waals surface area contributed by atoms with Gasteiger partial charge in [0.1, 0.15) is 11.6 Å². The van der Waals surface area contributed by atoms with Crippen molar-refractivity contribution in [3.8, 4) is 0 Å². The molecular formula is C16H18N4O2. The average molecular weight is 298 g/mol. The molecular weight excluding hydrogens is 280 g/mol. The first-order valence-corrected chi connectivity index (χ1v) is 6.98. The van der Waals surface area contributed by atoms with Crippen LogP contribution in [0.2, 0.25) is 0 Å². The Hall–Kier alpha value is -2.76. The van der Waals surface area contributed by atoms with Crippen molar-refractivity contribution in [1.29, 1.82) is 0 Å². The third kappa shape index (κ3) is 4.97. The largest absolute Gasteiger partial charge is 0.311 e. The molecule has 2 aromatic heterocycles. The summed E-state index contributed by atoms with van der Waals surface area (Å²) in [6.07, 6.45) is 3.53. The third-order valence-electron chi connectivity index (χ3n) is 2.94. The molecule has 6 heteroatoms. The number of hydrogen-bond acceptors (Lipinski definition) is 4. The van der Waals surface area contributed by atoms with E-state index >= 15 is 0 Å². The molecule has 2 rings (SSSR count). The van der Waals surface area contributed by atoms with Crippen LogP contribution in [0.5, 0.6) is 0 Å². The van der Waals surface area contributed by atoms with Gasteiger partial charge in [-0.05, 0) is 37.1 Å². The van der Waals surface area contributed by atoms with Crippen molar-refractivity contribution in [1.82, 2.24) is 9.97 Å². The van der Waals surface area contributed by atoms with Gasteiger partial charge in [-0.1, -0.05) is 12.1 Å². The minimum Gasteiger partial charge on any atom is -0.311 e. The molecule has 6 nitrogen and oxygen atoms in total. The quantitative estimate of drug-likeness (QED) is 0.888. The number of carbonyl (C=O) groups is 2. The van der Waals surface area contributed by atoms with E-state index in [0.29, 0.717) is 11.6 Å². The number of anilines is 2. The molecule has 0 aliphatic heterocycles. The van der Waals surface area contributed by atoms with Gasteiger partial charge in [-0.2, -0.15) is 0 Å². The van der Waals surface area contributed by atoms with Crippen LogP contribution in [-0.4, -0.2) is 21.8 Å². The van der Waals surface area contributed by atoms with Crippen molar-refractivity contribution in [2.75, 3.05) is 10.6 Å². The van der Waals surface area contributed by atoms with Crippen LogP contribution in [0, 0.1) is 13.8 Å². The van der Waals surface area contributed by atoms with Gasteiger partial charge in [-0.3, -0.25) is 9.59 Å².